The van der Waals surface area contributed by atoms with Crippen LogP contribution in [0.5, 0.6) is 0 Å². The minimum Gasteiger partial charge on any atom is -0.469 e. The maximum Gasteiger partial charge on any atom is 0.350 e. The molecule has 8 heteroatoms. The lowest BCUT2D eigenvalue weighted by molar-refractivity contribution is -0.146. The predicted molar refractivity (Wildman–Crippen MR) is 51.2 cm³/mol. The summed E-state index contributed by atoms with van der Waals surface area (Å²) in [5.41, 5.74) is 0. The highest BCUT2D eigenvalue weighted by Gasteiger charge is 2.37. The summed E-state index contributed by atoms with van der Waals surface area (Å²) in [6.07, 6.45) is 0.841. The summed E-state index contributed by atoms with van der Waals surface area (Å²) < 4.78 is 52.0. The Morgan fingerprint density at radius 1 is 1.50 bits per heavy atom. The molecule has 1 unspecified atom stereocenters. The van der Waals surface area contributed by atoms with Gasteiger partial charge in [-0.15, -0.1) is 0 Å². The van der Waals surface area contributed by atoms with E-state index in [-0.39, 0.29) is 13.1 Å². The molecule has 0 aromatic heterocycles. The van der Waals surface area contributed by atoms with E-state index in [9.17, 15) is 22.0 Å². The largest absolute Gasteiger partial charge is 0.469 e. The van der Waals surface area contributed by atoms with Gasteiger partial charge in [0.15, 0.2) is 0 Å². The fraction of sp³-hybridized carbons (Fsp3) is 0.875. The number of carbonyl (C=O) groups is 1. The van der Waals surface area contributed by atoms with Crippen molar-refractivity contribution >= 4 is 16.0 Å². The standard InChI is InChI=1S/C8H13F2NO4S/c1-15-7(12)6-3-2-4-11(5-6)16(13,14)8(9)10/h6,8H,2-5H2,1H3. The summed E-state index contributed by atoms with van der Waals surface area (Å²) in [6.45, 7) is -0.195. The lowest BCUT2D eigenvalue weighted by Crippen LogP contribution is -2.44. The topological polar surface area (TPSA) is 63.7 Å². The van der Waals surface area contributed by atoms with Gasteiger partial charge < -0.3 is 4.74 Å². The number of carbonyl (C=O) groups excluding carboxylic acids is 1. The van der Waals surface area contributed by atoms with Gasteiger partial charge in [0.25, 0.3) is 10.0 Å². The molecule has 1 rings (SSSR count). The van der Waals surface area contributed by atoms with Crippen LogP contribution in [-0.4, -0.2) is 44.6 Å². The molecule has 0 aromatic rings. The SMILES string of the molecule is COC(=O)C1CCCN(S(=O)(=O)C(F)F)C1. The number of ether oxygens (including phenoxy) is 1. The van der Waals surface area contributed by atoms with Crippen molar-refractivity contribution in [3.8, 4) is 0 Å². The van der Waals surface area contributed by atoms with Gasteiger partial charge in [0.2, 0.25) is 0 Å². The van der Waals surface area contributed by atoms with Gasteiger partial charge in [-0.1, -0.05) is 0 Å². The fourth-order valence-corrected chi connectivity index (χ4v) is 2.64. The van der Waals surface area contributed by atoms with E-state index in [0.717, 1.165) is 0 Å². The first kappa shape index (κ1) is 13.3. The van der Waals surface area contributed by atoms with Crippen molar-refractivity contribution in [2.45, 2.75) is 18.6 Å². The Balaban J connectivity index is 2.75. The Hall–Kier alpha value is -0.760. The van der Waals surface area contributed by atoms with Crippen LogP contribution >= 0.6 is 0 Å². The molecule has 1 fully saturated rings. The molecule has 1 atom stereocenters. The minimum absolute atomic E-state index is 0.0279. The lowest BCUT2D eigenvalue weighted by atomic mass is 10.0. The molecule has 16 heavy (non-hydrogen) atoms. The van der Waals surface area contributed by atoms with Crippen molar-refractivity contribution < 1.29 is 26.7 Å². The Morgan fingerprint density at radius 3 is 2.62 bits per heavy atom. The summed E-state index contributed by atoms with van der Waals surface area (Å²) in [5, 5.41) is 0. The molecular weight excluding hydrogens is 244 g/mol. The quantitative estimate of drug-likeness (QED) is 0.687. The Morgan fingerprint density at radius 2 is 2.12 bits per heavy atom. The Kier molecular flexibility index (Phi) is 4.20. The van der Waals surface area contributed by atoms with E-state index in [1.807, 2.05) is 0 Å². The van der Waals surface area contributed by atoms with Crippen LogP contribution in [0.4, 0.5) is 8.78 Å². The van der Waals surface area contributed by atoms with Crippen LogP contribution in [0.15, 0.2) is 0 Å². The van der Waals surface area contributed by atoms with Crippen LogP contribution in [0.25, 0.3) is 0 Å². The van der Waals surface area contributed by atoms with E-state index in [1.54, 1.807) is 0 Å². The monoisotopic (exact) mass is 257 g/mol. The van der Waals surface area contributed by atoms with Crippen molar-refractivity contribution in [1.29, 1.82) is 0 Å². The molecule has 94 valence electrons. The van der Waals surface area contributed by atoms with E-state index in [1.165, 1.54) is 7.11 Å². The number of esters is 1. The molecule has 0 N–H and O–H groups in total. The highest BCUT2D eigenvalue weighted by molar-refractivity contribution is 7.89. The summed E-state index contributed by atoms with van der Waals surface area (Å²) in [7, 11) is -3.40. The Bertz CT molecular complexity index is 357. The molecule has 0 bridgehead atoms. The van der Waals surface area contributed by atoms with Crippen LogP contribution in [0, 0.1) is 5.92 Å². The molecule has 0 amide bonds. The van der Waals surface area contributed by atoms with Crippen molar-refractivity contribution in [1.82, 2.24) is 4.31 Å². The van der Waals surface area contributed by atoms with Gasteiger partial charge in [-0.25, -0.2) is 8.42 Å². The second-order valence-corrected chi connectivity index (χ2v) is 5.43. The minimum atomic E-state index is -4.58. The zero-order valence-electron chi connectivity index (χ0n) is 8.73. The third kappa shape index (κ3) is 2.67. The molecule has 0 aliphatic carbocycles. The summed E-state index contributed by atoms with van der Waals surface area (Å²) in [5.74, 6) is -4.65. The molecule has 1 saturated heterocycles. The predicted octanol–water partition coefficient (Wildman–Crippen LogP) is 0.424. The smallest absolute Gasteiger partial charge is 0.350 e. The molecule has 0 spiro atoms. The van der Waals surface area contributed by atoms with Crippen LogP contribution in [0.3, 0.4) is 0 Å². The molecule has 5 nitrogen and oxygen atoms in total. The second-order valence-electron chi connectivity index (χ2n) is 3.53. The van der Waals surface area contributed by atoms with Gasteiger partial charge in [-0.2, -0.15) is 13.1 Å². The molecule has 1 aliphatic heterocycles. The zero-order chi connectivity index (χ0) is 12.3. The average Bonchev–Trinajstić information content (AvgIpc) is 2.28. The number of sulfonamides is 1. The van der Waals surface area contributed by atoms with Gasteiger partial charge in [0.05, 0.1) is 13.0 Å². The second kappa shape index (κ2) is 5.05. The maximum absolute atomic E-state index is 12.3. The maximum atomic E-state index is 12.3. The fourth-order valence-electron chi connectivity index (χ4n) is 1.65. The summed E-state index contributed by atoms with van der Waals surface area (Å²) in [6, 6.07) is 0. The first-order chi connectivity index (χ1) is 7.39. The highest BCUT2D eigenvalue weighted by atomic mass is 32.2. The van der Waals surface area contributed by atoms with Gasteiger partial charge in [-0.3, -0.25) is 4.79 Å². The number of piperidine rings is 1. The molecule has 1 aliphatic rings. The van der Waals surface area contributed by atoms with Gasteiger partial charge in [0.1, 0.15) is 0 Å². The van der Waals surface area contributed by atoms with Crippen molar-refractivity contribution in [2.75, 3.05) is 20.2 Å². The third-order valence-corrected chi connectivity index (χ3v) is 4.01. The first-order valence-corrected chi connectivity index (χ1v) is 6.25. The zero-order valence-corrected chi connectivity index (χ0v) is 9.54. The Labute approximate surface area is 92.4 Å². The third-order valence-electron chi connectivity index (χ3n) is 2.50. The van der Waals surface area contributed by atoms with Gasteiger partial charge in [0, 0.05) is 13.1 Å². The van der Waals surface area contributed by atoms with Gasteiger partial charge in [-0.05, 0) is 12.8 Å². The van der Waals surface area contributed by atoms with E-state index < -0.39 is 27.7 Å². The number of rotatable bonds is 3. The molecule has 0 aromatic carbocycles. The number of hydrogen-bond acceptors (Lipinski definition) is 4. The summed E-state index contributed by atoms with van der Waals surface area (Å²) >= 11 is 0. The van der Waals surface area contributed by atoms with Gasteiger partial charge >= 0.3 is 11.7 Å². The van der Waals surface area contributed by atoms with Crippen molar-refractivity contribution in [3.05, 3.63) is 0 Å². The molecule has 1 heterocycles. The van der Waals surface area contributed by atoms with Crippen LogP contribution in [0.1, 0.15) is 12.8 Å². The summed E-state index contributed by atoms with van der Waals surface area (Å²) in [4.78, 5) is 11.2. The first-order valence-electron chi connectivity index (χ1n) is 4.74. The molecule has 0 radical (unpaired) electrons. The normalized spacial score (nSPS) is 23.4. The molecular formula is C8H13F2NO4S. The van der Waals surface area contributed by atoms with E-state index in [4.69, 9.17) is 0 Å². The van der Waals surface area contributed by atoms with Crippen LogP contribution in [-0.2, 0) is 19.6 Å². The highest BCUT2D eigenvalue weighted by Crippen LogP contribution is 2.23. The van der Waals surface area contributed by atoms with E-state index >= 15 is 0 Å². The number of alkyl halides is 2. The lowest BCUT2D eigenvalue weighted by Gasteiger charge is -2.29. The number of nitrogens with zero attached hydrogens (tertiary/aromatic N) is 1. The van der Waals surface area contributed by atoms with Crippen molar-refractivity contribution in [3.63, 3.8) is 0 Å². The van der Waals surface area contributed by atoms with Crippen molar-refractivity contribution in [2.24, 2.45) is 5.92 Å². The van der Waals surface area contributed by atoms with E-state index in [2.05, 4.69) is 4.74 Å². The number of halogens is 2. The van der Waals surface area contributed by atoms with E-state index in [0.29, 0.717) is 17.1 Å². The van der Waals surface area contributed by atoms with Crippen LogP contribution < -0.4 is 0 Å². The molecule has 0 saturated carbocycles. The number of hydrogen-bond donors (Lipinski definition) is 0. The van der Waals surface area contributed by atoms with Crippen LogP contribution in [0.2, 0.25) is 0 Å². The average molecular weight is 257 g/mol. The number of methoxy groups -OCH3 is 1.